The van der Waals surface area contributed by atoms with Crippen LogP contribution in [0.15, 0.2) is 29.6 Å². The van der Waals surface area contributed by atoms with Crippen LogP contribution in [0.3, 0.4) is 0 Å². The molecule has 1 heterocycles. The third kappa shape index (κ3) is 4.32. The number of hydrogen-bond acceptors (Lipinski definition) is 4. The number of aryl methyl sites for hydroxylation is 1. The van der Waals surface area contributed by atoms with E-state index in [4.69, 9.17) is 4.74 Å². The number of rotatable bonds is 7. The second-order valence-corrected chi connectivity index (χ2v) is 5.92. The van der Waals surface area contributed by atoms with Crippen LogP contribution in [0, 0.1) is 6.92 Å². The Morgan fingerprint density at radius 3 is 2.90 bits per heavy atom. The zero-order chi connectivity index (χ0) is 14.4. The van der Waals surface area contributed by atoms with Gasteiger partial charge in [0, 0.05) is 18.0 Å². The number of nitrogens with one attached hydrogen (secondary N) is 1. The Morgan fingerprint density at radius 1 is 1.35 bits per heavy atom. The zero-order valence-electron chi connectivity index (χ0n) is 12.3. The van der Waals surface area contributed by atoms with E-state index in [0.29, 0.717) is 12.6 Å². The summed E-state index contributed by atoms with van der Waals surface area (Å²) in [6, 6.07) is 8.59. The van der Waals surface area contributed by atoms with E-state index in [-0.39, 0.29) is 0 Å². The van der Waals surface area contributed by atoms with Crippen molar-refractivity contribution in [2.24, 2.45) is 0 Å². The molecule has 0 amide bonds. The second kappa shape index (κ2) is 7.41. The fraction of sp³-hybridized carbons (Fsp3) is 0.438. The van der Waals surface area contributed by atoms with Crippen molar-refractivity contribution < 1.29 is 4.74 Å². The van der Waals surface area contributed by atoms with Crippen molar-refractivity contribution in [2.75, 3.05) is 0 Å². The lowest BCUT2D eigenvalue weighted by molar-refractivity contribution is 0.303. The van der Waals surface area contributed by atoms with Crippen LogP contribution in [0.1, 0.15) is 36.5 Å². The van der Waals surface area contributed by atoms with Gasteiger partial charge in [0.1, 0.15) is 17.4 Å². The molecule has 1 aromatic carbocycles. The van der Waals surface area contributed by atoms with E-state index < -0.39 is 0 Å². The topological polar surface area (TPSA) is 34.1 Å². The summed E-state index contributed by atoms with van der Waals surface area (Å²) in [5.41, 5.74) is 2.25. The monoisotopic (exact) mass is 290 g/mol. The molecule has 0 radical (unpaired) electrons. The summed E-state index contributed by atoms with van der Waals surface area (Å²) in [6.07, 6.45) is 1.13. The van der Waals surface area contributed by atoms with Gasteiger partial charge in [-0.2, -0.15) is 0 Å². The molecule has 0 saturated heterocycles. The standard InChI is InChI=1S/C16H22N2OS/c1-4-13(3)17-9-14-11-20-16(18-14)10-19-15-8-6-5-7-12(15)2/h5-8,11,13,17H,4,9-10H2,1-3H3. The average Bonchev–Trinajstić information content (AvgIpc) is 2.92. The van der Waals surface area contributed by atoms with Crippen molar-refractivity contribution in [3.8, 4) is 5.75 Å². The molecule has 1 N–H and O–H groups in total. The smallest absolute Gasteiger partial charge is 0.140 e. The lowest BCUT2D eigenvalue weighted by Crippen LogP contribution is -2.24. The minimum Gasteiger partial charge on any atom is -0.486 e. The van der Waals surface area contributed by atoms with Crippen molar-refractivity contribution in [2.45, 2.75) is 46.4 Å². The van der Waals surface area contributed by atoms with Gasteiger partial charge in [-0.3, -0.25) is 0 Å². The molecule has 2 aromatic rings. The summed E-state index contributed by atoms with van der Waals surface area (Å²) in [7, 11) is 0. The van der Waals surface area contributed by atoms with E-state index in [2.05, 4.69) is 42.5 Å². The number of para-hydroxylation sites is 1. The average molecular weight is 290 g/mol. The normalized spacial score (nSPS) is 12.3. The van der Waals surface area contributed by atoms with E-state index in [1.165, 1.54) is 0 Å². The molecule has 108 valence electrons. The van der Waals surface area contributed by atoms with E-state index in [1.54, 1.807) is 11.3 Å². The van der Waals surface area contributed by atoms with Crippen LogP contribution in [0.25, 0.3) is 0 Å². The van der Waals surface area contributed by atoms with Crippen molar-refractivity contribution in [1.29, 1.82) is 0 Å². The summed E-state index contributed by atoms with van der Waals surface area (Å²) in [4.78, 5) is 4.59. The second-order valence-electron chi connectivity index (χ2n) is 4.98. The van der Waals surface area contributed by atoms with Crippen molar-refractivity contribution in [3.63, 3.8) is 0 Å². The summed E-state index contributed by atoms with van der Waals surface area (Å²) < 4.78 is 5.81. The first kappa shape index (κ1) is 15.0. The zero-order valence-corrected chi connectivity index (χ0v) is 13.2. The van der Waals surface area contributed by atoms with Gasteiger partial charge in [-0.05, 0) is 31.9 Å². The van der Waals surface area contributed by atoms with Crippen LogP contribution in [-0.2, 0) is 13.2 Å². The SMILES string of the molecule is CCC(C)NCc1csc(COc2ccccc2C)n1. The van der Waals surface area contributed by atoms with Gasteiger partial charge >= 0.3 is 0 Å². The third-order valence-electron chi connectivity index (χ3n) is 3.29. The van der Waals surface area contributed by atoms with Crippen molar-refractivity contribution >= 4 is 11.3 Å². The maximum Gasteiger partial charge on any atom is 0.140 e. The molecule has 20 heavy (non-hydrogen) atoms. The molecular weight excluding hydrogens is 268 g/mol. The predicted molar refractivity (Wildman–Crippen MR) is 84.2 cm³/mol. The van der Waals surface area contributed by atoms with Crippen LogP contribution >= 0.6 is 11.3 Å². The third-order valence-corrected chi connectivity index (χ3v) is 4.16. The number of aromatic nitrogens is 1. The molecular formula is C16H22N2OS. The van der Waals surface area contributed by atoms with Gasteiger partial charge in [0.05, 0.1) is 5.69 Å². The van der Waals surface area contributed by atoms with Gasteiger partial charge in [-0.15, -0.1) is 11.3 Å². The van der Waals surface area contributed by atoms with Gasteiger partial charge in [0.15, 0.2) is 0 Å². The first-order valence-corrected chi connectivity index (χ1v) is 7.92. The predicted octanol–water partition coefficient (Wildman–Crippen LogP) is 3.92. The molecule has 1 atom stereocenters. The highest BCUT2D eigenvalue weighted by atomic mass is 32.1. The maximum absolute atomic E-state index is 5.81. The van der Waals surface area contributed by atoms with Gasteiger partial charge in [-0.1, -0.05) is 25.1 Å². The highest BCUT2D eigenvalue weighted by Crippen LogP contribution is 2.19. The Hall–Kier alpha value is -1.39. The highest BCUT2D eigenvalue weighted by molar-refractivity contribution is 7.09. The number of thiazole rings is 1. The van der Waals surface area contributed by atoms with Crippen LogP contribution in [-0.4, -0.2) is 11.0 Å². The molecule has 2 rings (SSSR count). The van der Waals surface area contributed by atoms with Crippen LogP contribution in [0.4, 0.5) is 0 Å². The first-order valence-electron chi connectivity index (χ1n) is 7.04. The van der Waals surface area contributed by atoms with E-state index in [1.807, 2.05) is 18.2 Å². The van der Waals surface area contributed by atoms with Crippen molar-refractivity contribution in [3.05, 3.63) is 45.9 Å². The van der Waals surface area contributed by atoms with E-state index >= 15 is 0 Å². The van der Waals surface area contributed by atoms with E-state index in [9.17, 15) is 0 Å². The number of ether oxygens (including phenoxy) is 1. The minimum atomic E-state index is 0.531. The molecule has 0 aliphatic carbocycles. The lowest BCUT2D eigenvalue weighted by Gasteiger charge is -2.09. The maximum atomic E-state index is 5.81. The Morgan fingerprint density at radius 2 is 2.15 bits per heavy atom. The summed E-state index contributed by atoms with van der Waals surface area (Å²) in [5, 5.41) is 6.57. The first-order chi connectivity index (χ1) is 9.69. The summed E-state index contributed by atoms with van der Waals surface area (Å²) >= 11 is 1.66. The van der Waals surface area contributed by atoms with E-state index in [0.717, 1.165) is 35.0 Å². The highest BCUT2D eigenvalue weighted by Gasteiger charge is 2.05. The Balaban J connectivity index is 1.85. The summed E-state index contributed by atoms with van der Waals surface area (Å²) in [5.74, 6) is 0.932. The largest absolute Gasteiger partial charge is 0.486 e. The molecule has 0 fully saturated rings. The quantitative estimate of drug-likeness (QED) is 0.839. The lowest BCUT2D eigenvalue weighted by atomic mass is 10.2. The van der Waals surface area contributed by atoms with Gasteiger partial charge in [0.25, 0.3) is 0 Å². The summed E-state index contributed by atoms with van der Waals surface area (Å²) in [6.45, 7) is 7.79. The van der Waals surface area contributed by atoms with Gasteiger partial charge in [0.2, 0.25) is 0 Å². The molecule has 0 aliphatic rings. The molecule has 1 unspecified atom stereocenters. The van der Waals surface area contributed by atoms with Crippen LogP contribution in [0.2, 0.25) is 0 Å². The molecule has 3 nitrogen and oxygen atoms in total. The van der Waals surface area contributed by atoms with Crippen LogP contribution in [0.5, 0.6) is 5.75 Å². The van der Waals surface area contributed by atoms with Crippen LogP contribution < -0.4 is 10.1 Å². The Bertz CT molecular complexity index is 539. The molecule has 4 heteroatoms. The number of benzene rings is 1. The molecule has 0 aliphatic heterocycles. The number of nitrogens with zero attached hydrogens (tertiary/aromatic N) is 1. The Kier molecular flexibility index (Phi) is 5.56. The molecule has 0 saturated carbocycles. The molecule has 1 aromatic heterocycles. The molecule has 0 bridgehead atoms. The van der Waals surface area contributed by atoms with Gasteiger partial charge < -0.3 is 10.1 Å². The molecule has 0 spiro atoms. The fourth-order valence-electron chi connectivity index (χ4n) is 1.78. The number of hydrogen-bond donors (Lipinski definition) is 1. The van der Waals surface area contributed by atoms with Gasteiger partial charge in [-0.25, -0.2) is 4.98 Å². The van der Waals surface area contributed by atoms with Crippen molar-refractivity contribution in [1.82, 2.24) is 10.3 Å². The Labute approximate surface area is 125 Å². The fourth-order valence-corrected chi connectivity index (χ4v) is 2.48. The minimum absolute atomic E-state index is 0.531.